The van der Waals surface area contributed by atoms with E-state index in [0.717, 1.165) is 15.6 Å². The van der Waals surface area contributed by atoms with Crippen LogP contribution >= 0.6 is 15.9 Å². The Morgan fingerprint density at radius 3 is 2.48 bits per heavy atom. The van der Waals surface area contributed by atoms with Crippen molar-refractivity contribution in [2.45, 2.75) is 11.8 Å². The van der Waals surface area contributed by atoms with Gasteiger partial charge in [0.1, 0.15) is 5.75 Å². The SMILES string of the molecule is COc1ccc(Br)cc1C=NNC(=O)CN1CCN(S(=O)(=O)c2ccc(C)cc2)CC1. The Kier molecular flexibility index (Phi) is 7.82. The zero-order valence-corrected chi connectivity index (χ0v) is 19.8. The normalized spacial score (nSPS) is 15.8. The number of hydrogen-bond acceptors (Lipinski definition) is 6. The van der Waals surface area contributed by atoms with E-state index in [4.69, 9.17) is 4.74 Å². The summed E-state index contributed by atoms with van der Waals surface area (Å²) < 4.78 is 33.2. The lowest BCUT2D eigenvalue weighted by molar-refractivity contribution is -0.122. The van der Waals surface area contributed by atoms with E-state index < -0.39 is 10.0 Å². The maximum Gasteiger partial charge on any atom is 0.254 e. The van der Waals surface area contributed by atoms with E-state index in [9.17, 15) is 13.2 Å². The van der Waals surface area contributed by atoms with Gasteiger partial charge in [-0.1, -0.05) is 33.6 Å². The number of benzene rings is 2. The maximum atomic E-state index is 12.8. The number of amides is 1. The fourth-order valence-electron chi connectivity index (χ4n) is 3.21. The molecule has 1 aliphatic rings. The molecule has 0 aliphatic carbocycles. The number of hydrogen-bond donors (Lipinski definition) is 1. The molecule has 0 unspecified atom stereocenters. The van der Waals surface area contributed by atoms with Crippen LogP contribution < -0.4 is 10.2 Å². The van der Waals surface area contributed by atoms with Crippen LogP contribution in [0.1, 0.15) is 11.1 Å². The number of carbonyl (C=O) groups excluding carboxylic acids is 1. The molecule has 2 aromatic carbocycles. The summed E-state index contributed by atoms with van der Waals surface area (Å²) >= 11 is 3.39. The summed E-state index contributed by atoms with van der Waals surface area (Å²) in [6, 6.07) is 12.3. The summed E-state index contributed by atoms with van der Waals surface area (Å²) in [5.74, 6) is 0.382. The lowest BCUT2D eigenvalue weighted by Crippen LogP contribution is -2.50. The highest BCUT2D eigenvalue weighted by Crippen LogP contribution is 2.21. The third-order valence-corrected chi connectivity index (χ3v) is 7.35. The van der Waals surface area contributed by atoms with E-state index in [-0.39, 0.29) is 12.5 Å². The second-order valence-corrected chi connectivity index (χ2v) is 10.0. The second-order valence-electron chi connectivity index (χ2n) is 7.17. The number of piperazine rings is 1. The van der Waals surface area contributed by atoms with Crippen molar-refractivity contribution in [2.24, 2.45) is 5.10 Å². The molecule has 0 aromatic heterocycles. The van der Waals surface area contributed by atoms with Crippen LogP contribution in [0.15, 0.2) is 56.9 Å². The Morgan fingerprint density at radius 1 is 1.16 bits per heavy atom. The average Bonchev–Trinajstić information content (AvgIpc) is 2.74. The number of hydrazone groups is 1. The summed E-state index contributed by atoms with van der Waals surface area (Å²) in [5.41, 5.74) is 4.25. The smallest absolute Gasteiger partial charge is 0.254 e. The molecule has 166 valence electrons. The fourth-order valence-corrected chi connectivity index (χ4v) is 5.01. The van der Waals surface area contributed by atoms with Crippen LogP contribution in [0.3, 0.4) is 0 Å². The minimum absolute atomic E-state index is 0.144. The first kappa shape index (κ1) is 23.4. The second kappa shape index (κ2) is 10.4. The zero-order valence-electron chi connectivity index (χ0n) is 17.4. The highest BCUT2D eigenvalue weighted by Gasteiger charge is 2.28. The van der Waals surface area contributed by atoms with Crippen LogP contribution in [0.2, 0.25) is 0 Å². The topological polar surface area (TPSA) is 91.3 Å². The largest absolute Gasteiger partial charge is 0.496 e. The summed E-state index contributed by atoms with van der Waals surface area (Å²) in [7, 11) is -1.95. The Labute approximate surface area is 191 Å². The van der Waals surface area contributed by atoms with Crippen molar-refractivity contribution < 1.29 is 17.9 Å². The fraction of sp³-hybridized carbons (Fsp3) is 0.333. The van der Waals surface area contributed by atoms with E-state index in [1.165, 1.54) is 10.5 Å². The van der Waals surface area contributed by atoms with Crippen molar-refractivity contribution in [1.82, 2.24) is 14.6 Å². The summed E-state index contributed by atoms with van der Waals surface area (Å²) in [4.78, 5) is 14.4. The van der Waals surface area contributed by atoms with Gasteiger partial charge in [0.25, 0.3) is 5.91 Å². The van der Waals surface area contributed by atoms with Gasteiger partial charge in [-0.3, -0.25) is 9.69 Å². The van der Waals surface area contributed by atoms with Crippen molar-refractivity contribution in [2.75, 3.05) is 39.8 Å². The van der Waals surface area contributed by atoms with Crippen molar-refractivity contribution in [3.8, 4) is 5.75 Å². The number of aryl methyl sites for hydroxylation is 1. The minimum Gasteiger partial charge on any atom is -0.496 e. The van der Waals surface area contributed by atoms with Crippen LogP contribution in [0, 0.1) is 6.92 Å². The van der Waals surface area contributed by atoms with Gasteiger partial charge in [0.15, 0.2) is 0 Å². The number of nitrogens with zero attached hydrogens (tertiary/aromatic N) is 3. The molecule has 1 saturated heterocycles. The van der Waals surface area contributed by atoms with Crippen molar-refractivity contribution in [1.29, 1.82) is 0 Å². The van der Waals surface area contributed by atoms with Crippen molar-refractivity contribution in [3.63, 3.8) is 0 Å². The number of carbonyl (C=O) groups is 1. The van der Waals surface area contributed by atoms with Crippen LogP contribution in [-0.4, -0.2) is 69.6 Å². The van der Waals surface area contributed by atoms with E-state index in [1.54, 1.807) is 37.4 Å². The summed E-state index contributed by atoms with van der Waals surface area (Å²) in [6.45, 7) is 3.68. The maximum absolute atomic E-state index is 12.8. The minimum atomic E-state index is -3.52. The van der Waals surface area contributed by atoms with Crippen molar-refractivity contribution in [3.05, 3.63) is 58.1 Å². The zero-order chi connectivity index (χ0) is 22.4. The third kappa shape index (κ3) is 6.13. The van der Waals surface area contributed by atoms with Gasteiger partial charge in [-0.2, -0.15) is 9.41 Å². The number of rotatable bonds is 7. The molecule has 3 rings (SSSR count). The van der Waals surface area contributed by atoms with Gasteiger partial charge in [-0.15, -0.1) is 0 Å². The molecule has 0 spiro atoms. The van der Waals surface area contributed by atoms with Crippen LogP contribution in [0.25, 0.3) is 0 Å². The van der Waals surface area contributed by atoms with Gasteiger partial charge < -0.3 is 4.74 Å². The molecule has 0 saturated carbocycles. The van der Waals surface area contributed by atoms with Crippen LogP contribution in [-0.2, 0) is 14.8 Å². The Bertz CT molecular complexity index is 1050. The quantitative estimate of drug-likeness (QED) is 0.457. The Hall–Kier alpha value is -2.27. The number of ether oxygens (including phenoxy) is 1. The molecule has 1 aliphatic heterocycles. The molecule has 31 heavy (non-hydrogen) atoms. The lowest BCUT2D eigenvalue weighted by atomic mass is 10.2. The van der Waals surface area contributed by atoms with Gasteiger partial charge in [0.2, 0.25) is 10.0 Å². The highest BCUT2D eigenvalue weighted by atomic mass is 79.9. The van der Waals surface area contributed by atoms with Crippen LogP contribution in [0.4, 0.5) is 0 Å². The molecule has 0 atom stereocenters. The molecule has 1 heterocycles. The summed E-state index contributed by atoms with van der Waals surface area (Å²) in [5, 5.41) is 4.00. The molecule has 0 bridgehead atoms. The predicted octanol–water partition coefficient (Wildman–Crippen LogP) is 2.22. The third-order valence-electron chi connectivity index (χ3n) is 4.94. The molecule has 8 nitrogen and oxygen atoms in total. The molecule has 10 heteroatoms. The van der Waals surface area contributed by atoms with Gasteiger partial charge in [-0.05, 0) is 37.3 Å². The van der Waals surface area contributed by atoms with E-state index >= 15 is 0 Å². The van der Waals surface area contributed by atoms with Gasteiger partial charge >= 0.3 is 0 Å². The van der Waals surface area contributed by atoms with Gasteiger partial charge in [-0.25, -0.2) is 13.8 Å². The number of halogens is 1. The number of sulfonamides is 1. The van der Waals surface area contributed by atoms with Gasteiger partial charge in [0, 0.05) is 36.2 Å². The van der Waals surface area contributed by atoms with E-state index in [1.807, 2.05) is 24.0 Å². The van der Waals surface area contributed by atoms with Crippen molar-refractivity contribution >= 4 is 38.1 Å². The summed E-state index contributed by atoms with van der Waals surface area (Å²) in [6.07, 6.45) is 1.52. The first-order valence-corrected chi connectivity index (χ1v) is 12.0. The molecule has 1 N–H and O–H groups in total. The first-order valence-electron chi connectivity index (χ1n) is 9.74. The molecule has 1 amide bonds. The Balaban J connectivity index is 1.50. The molecular weight excluding hydrogens is 484 g/mol. The Morgan fingerprint density at radius 2 is 1.84 bits per heavy atom. The lowest BCUT2D eigenvalue weighted by Gasteiger charge is -2.33. The molecule has 0 radical (unpaired) electrons. The highest BCUT2D eigenvalue weighted by molar-refractivity contribution is 9.10. The first-order chi connectivity index (χ1) is 14.8. The molecule has 1 fully saturated rings. The number of nitrogens with one attached hydrogen (secondary N) is 1. The van der Waals surface area contributed by atoms with E-state index in [0.29, 0.717) is 36.8 Å². The standard InChI is InChI=1S/C21H25BrN4O4S/c1-16-3-6-19(7-4-16)31(28,29)26-11-9-25(10-12-26)15-21(27)24-23-14-17-13-18(22)5-8-20(17)30-2/h3-8,13-14H,9-12,15H2,1-2H3,(H,24,27). The monoisotopic (exact) mass is 508 g/mol. The van der Waals surface area contributed by atoms with E-state index in [2.05, 4.69) is 26.5 Å². The van der Waals surface area contributed by atoms with Gasteiger partial charge in [0.05, 0.1) is 24.8 Å². The van der Waals surface area contributed by atoms with Crippen LogP contribution in [0.5, 0.6) is 5.75 Å². The predicted molar refractivity (Wildman–Crippen MR) is 123 cm³/mol. The number of methoxy groups -OCH3 is 1. The molecular formula is C21H25BrN4O4S. The molecule has 2 aromatic rings. The average molecular weight is 509 g/mol.